The molecular formula is C8H12N2O3. The first-order chi connectivity index (χ1) is 6.27. The second-order valence-corrected chi connectivity index (χ2v) is 2.94. The fourth-order valence-electron chi connectivity index (χ4n) is 1.43. The number of hydrogen-bond acceptors (Lipinski definition) is 5. The van der Waals surface area contributed by atoms with Gasteiger partial charge in [-0.25, -0.2) is 4.79 Å². The van der Waals surface area contributed by atoms with Gasteiger partial charge in [0, 0.05) is 13.1 Å². The van der Waals surface area contributed by atoms with Gasteiger partial charge in [0.2, 0.25) is 0 Å². The number of carbonyl (C=O) groups excluding carboxylic acids is 2. The van der Waals surface area contributed by atoms with E-state index in [1.165, 1.54) is 13.2 Å². The van der Waals surface area contributed by atoms with Crippen LogP contribution >= 0.6 is 0 Å². The summed E-state index contributed by atoms with van der Waals surface area (Å²) in [5, 5.41) is 5.10. The lowest BCUT2D eigenvalue weighted by molar-refractivity contribution is -0.147. The molecule has 1 rings (SSSR count). The Hall–Kier alpha value is -1.35. The smallest absolute Gasteiger partial charge is 0.308 e. The predicted octanol–water partition coefficient (Wildman–Crippen LogP) is 0.122. The molecule has 0 atom stereocenters. The van der Waals surface area contributed by atoms with Crippen LogP contribution in [-0.2, 0) is 14.3 Å². The van der Waals surface area contributed by atoms with Crippen LogP contribution in [0.4, 0.5) is 0 Å². The standard InChI is InChI=1S/C8H12N2O3/c1-13-8(12)7-2-4-10(5-3-7)9-6-11/h7H,2-5H2,1H3. The molecule has 0 aromatic heterocycles. The minimum absolute atomic E-state index is 0.0388. The first kappa shape index (κ1) is 9.74. The van der Waals surface area contributed by atoms with Crippen LogP contribution in [0.25, 0.3) is 0 Å². The topological polar surface area (TPSA) is 59.0 Å². The predicted molar refractivity (Wildman–Crippen MR) is 44.4 cm³/mol. The second-order valence-electron chi connectivity index (χ2n) is 2.94. The molecule has 1 fully saturated rings. The van der Waals surface area contributed by atoms with Gasteiger partial charge in [-0.1, -0.05) is 5.10 Å². The van der Waals surface area contributed by atoms with E-state index in [1.807, 2.05) is 0 Å². The van der Waals surface area contributed by atoms with Gasteiger partial charge in [-0.2, -0.15) is 0 Å². The average Bonchev–Trinajstić information content (AvgIpc) is 2.18. The van der Waals surface area contributed by atoms with Gasteiger partial charge < -0.3 is 4.74 Å². The summed E-state index contributed by atoms with van der Waals surface area (Å²) in [4.78, 5) is 21.0. The van der Waals surface area contributed by atoms with Crippen LogP contribution in [0, 0.1) is 5.92 Å². The summed E-state index contributed by atoms with van der Waals surface area (Å²) in [6.45, 7) is 1.24. The molecule has 0 aromatic rings. The lowest BCUT2D eigenvalue weighted by atomic mass is 9.98. The van der Waals surface area contributed by atoms with Crippen molar-refractivity contribution in [2.75, 3.05) is 20.2 Å². The van der Waals surface area contributed by atoms with E-state index in [1.54, 1.807) is 5.01 Å². The fraction of sp³-hybridized carbons (Fsp3) is 0.750. The molecule has 0 aliphatic carbocycles. The summed E-state index contributed by atoms with van der Waals surface area (Å²) in [7, 11) is 1.39. The highest BCUT2D eigenvalue weighted by atomic mass is 16.5. The molecule has 13 heavy (non-hydrogen) atoms. The second kappa shape index (κ2) is 4.62. The SMILES string of the molecule is COC(=O)C1CCN(N=C=O)CC1. The molecule has 0 bridgehead atoms. The molecule has 1 aliphatic heterocycles. The molecule has 5 heteroatoms. The maximum atomic E-state index is 11.1. The summed E-state index contributed by atoms with van der Waals surface area (Å²) in [5.41, 5.74) is 0. The van der Waals surface area contributed by atoms with Crippen LogP contribution in [-0.4, -0.2) is 37.3 Å². The number of hydrogen-bond donors (Lipinski definition) is 0. The van der Waals surface area contributed by atoms with E-state index in [2.05, 4.69) is 9.84 Å². The molecule has 0 saturated carbocycles. The van der Waals surface area contributed by atoms with Gasteiger partial charge in [0.25, 0.3) is 6.08 Å². The lowest BCUT2D eigenvalue weighted by Gasteiger charge is -2.26. The van der Waals surface area contributed by atoms with Gasteiger partial charge in [-0.3, -0.25) is 9.80 Å². The number of isocyanates is 1. The van der Waals surface area contributed by atoms with Gasteiger partial charge in [0.15, 0.2) is 0 Å². The van der Waals surface area contributed by atoms with Crippen molar-refractivity contribution in [1.82, 2.24) is 5.01 Å². The molecule has 0 N–H and O–H groups in total. The highest BCUT2D eigenvalue weighted by Crippen LogP contribution is 2.17. The van der Waals surface area contributed by atoms with Crippen molar-refractivity contribution in [2.24, 2.45) is 11.0 Å². The minimum atomic E-state index is -0.172. The molecule has 1 saturated heterocycles. The van der Waals surface area contributed by atoms with E-state index in [9.17, 15) is 9.59 Å². The van der Waals surface area contributed by atoms with Crippen molar-refractivity contribution in [3.05, 3.63) is 0 Å². The van der Waals surface area contributed by atoms with Crippen LogP contribution in [0.2, 0.25) is 0 Å². The number of rotatable bonds is 2. The minimum Gasteiger partial charge on any atom is -0.469 e. The largest absolute Gasteiger partial charge is 0.469 e. The van der Waals surface area contributed by atoms with E-state index in [0.717, 1.165) is 0 Å². The molecule has 0 radical (unpaired) electrons. The first-order valence-electron chi connectivity index (χ1n) is 4.18. The number of piperidine rings is 1. The van der Waals surface area contributed by atoms with E-state index in [0.29, 0.717) is 25.9 Å². The Morgan fingerprint density at radius 3 is 2.62 bits per heavy atom. The van der Waals surface area contributed by atoms with Crippen molar-refractivity contribution < 1.29 is 14.3 Å². The van der Waals surface area contributed by atoms with Crippen LogP contribution < -0.4 is 0 Å². The van der Waals surface area contributed by atoms with Gasteiger partial charge in [0.1, 0.15) is 0 Å². The zero-order valence-electron chi connectivity index (χ0n) is 7.52. The summed E-state index contributed by atoms with van der Waals surface area (Å²) in [6.07, 6.45) is 2.86. The number of nitrogens with zero attached hydrogens (tertiary/aromatic N) is 2. The molecule has 0 amide bonds. The van der Waals surface area contributed by atoms with Gasteiger partial charge >= 0.3 is 5.97 Å². The molecular weight excluding hydrogens is 172 g/mol. The Labute approximate surface area is 76.3 Å². The Kier molecular flexibility index (Phi) is 3.46. The quantitative estimate of drug-likeness (QED) is 0.347. The number of methoxy groups -OCH3 is 1. The van der Waals surface area contributed by atoms with Gasteiger partial charge in [-0.05, 0) is 12.8 Å². The van der Waals surface area contributed by atoms with Crippen molar-refractivity contribution >= 4 is 12.0 Å². The summed E-state index contributed by atoms with van der Waals surface area (Å²) in [5.74, 6) is -0.210. The Bertz CT molecular complexity index is 228. The molecule has 1 heterocycles. The monoisotopic (exact) mass is 184 g/mol. The third kappa shape index (κ3) is 2.56. The van der Waals surface area contributed by atoms with Crippen molar-refractivity contribution in [2.45, 2.75) is 12.8 Å². The van der Waals surface area contributed by atoms with E-state index >= 15 is 0 Å². The van der Waals surface area contributed by atoms with Crippen molar-refractivity contribution in [1.29, 1.82) is 0 Å². The molecule has 0 unspecified atom stereocenters. The maximum Gasteiger partial charge on any atom is 0.308 e. The number of hydrazone groups is 1. The highest BCUT2D eigenvalue weighted by molar-refractivity contribution is 5.72. The zero-order chi connectivity index (χ0) is 9.68. The summed E-state index contributed by atoms with van der Waals surface area (Å²) < 4.78 is 4.62. The highest BCUT2D eigenvalue weighted by Gasteiger charge is 2.24. The van der Waals surface area contributed by atoms with E-state index in [4.69, 9.17) is 0 Å². The fourth-order valence-corrected chi connectivity index (χ4v) is 1.43. The summed E-state index contributed by atoms with van der Waals surface area (Å²) >= 11 is 0. The van der Waals surface area contributed by atoms with E-state index < -0.39 is 0 Å². The van der Waals surface area contributed by atoms with Crippen LogP contribution in [0.3, 0.4) is 0 Å². The maximum absolute atomic E-state index is 11.1. The molecule has 0 aromatic carbocycles. The molecule has 5 nitrogen and oxygen atoms in total. The van der Waals surface area contributed by atoms with E-state index in [-0.39, 0.29) is 11.9 Å². The zero-order valence-corrected chi connectivity index (χ0v) is 7.52. The van der Waals surface area contributed by atoms with Gasteiger partial charge in [-0.15, -0.1) is 0 Å². The summed E-state index contributed by atoms with van der Waals surface area (Å²) in [6, 6.07) is 0. The number of carbonyl (C=O) groups is 1. The normalized spacial score (nSPS) is 17.8. The Morgan fingerprint density at radius 2 is 2.15 bits per heavy atom. The van der Waals surface area contributed by atoms with Crippen molar-refractivity contribution in [3.8, 4) is 0 Å². The molecule has 1 aliphatic rings. The Morgan fingerprint density at radius 1 is 1.54 bits per heavy atom. The van der Waals surface area contributed by atoms with Crippen LogP contribution in [0.5, 0.6) is 0 Å². The third-order valence-corrected chi connectivity index (χ3v) is 2.19. The molecule has 0 spiro atoms. The third-order valence-electron chi connectivity index (χ3n) is 2.19. The van der Waals surface area contributed by atoms with Crippen LogP contribution in [0.15, 0.2) is 5.10 Å². The van der Waals surface area contributed by atoms with Crippen LogP contribution in [0.1, 0.15) is 12.8 Å². The first-order valence-corrected chi connectivity index (χ1v) is 4.18. The molecule has 72 valence electrons. The van der Waals surface area contributed by atoms with Crippen molar-refractivity contribution in [3.63, 3.8) is 0 Å². The van der Waals surface area contributed by atoms with Gasteiger partial charge in [0.05, 0.1) is 13.0 Å². The average molecular weight is 184 g/mol. The number of esters is 1. The Balaban J connectivity index is 2.38. The number of ether oxygens (including phenoxy) is 1. The lowest BCUT2D eigenvalue weighted by Crippen LogP contribution is -2.33.